The number of imidazole rings is 1. The Morgan fingerprint density at radius 2 is 2.00 bits per heavy atom. The minimum atomic E-state index is 0.276. The summed E-state index contributed by atoms with van der Waals surface area (Å²) in [5.74, 6) is 0.937. The summed E-state index contributed by atoms with van der Waals surface area (Å²) in [5, 5.41) is 0. The maximum Gasteiger partial charge on any atom is 0.0951 e. The second-order valence-electron chi connectivity index (χ2n) is 6.82. The summed E-state index contributed by atoms with van der Waals surface area (Å²) in [6, 6.07) is 1.37. The molecule has 1 aliphatic carbocycles. The minimum Gasteiger partial charge on any atom is -0.331 e. The van der Waals surface area contributed by atoms with Gasteiger partial charge >= 0.3 is 0 Å². The van der Waals surface area contributed by atoms with Crippen LogP contribution >= 0.6 is 0 Å². The van der Waals surface area contributed by atoms with Gasteiger partial charge in [0.05, 0.1) is 18.1 Å². The molecule has 0 radical (unpaired) electrons. The molecule has 4 nitrogen and oxygen atoms in total. The maximum absolute atomic E-state index is 6.11. The summed E-state index contributed by atoms with van der Waals surface area (Å²) in [4.78, 5) is 6.85. The van der Waals surface area contributed by atoms with E-state index in [-0.39, 0.29) is 6.04 Å². The highest BCUT2D eigenvalue weighted by Crippen LogP contribution is 2.32. The van der Waals surface area contributed by atoms with Gasteiger partial charge in [-0.1, -0.05) is 13.3 Å². The van der Waals surface area contributed by atoms with Gasteiger partial charge in [0, 0.05) is 24.8 Å². The van der Waals surface area contributed by atoms with Crippen molar-refractivity contribution in [3.8, 4) is 0 Å². The molecule has 1 aromatic rings. The second-order valence-corrected chi connectivity index (χ2v) is 6.82. The number of hydrogen-bond acceptors (Lipinski definition) is 3. The van der Waals surface area contributed by atoms with E-state index in [1.165, 1.54) is 37.8 Å². The predicted molar refractivity (Wildman–Crippen MR) is 88.2 cm³/mol. The van der Waals surface area contributed by atoms with Crippen molar-refractivity contribution in [3.63, 3.8) is 0 Å². The van der Waals surface area contributed by atoms with Crippen LogP contribution in [0.25, 0.3) is 0 Å². The zero-order valence-corrected chi connectivity index (χ0v) is 14.1. The Balaban J connectivity index is 2.08. The molecule has 0 bridgehead atoms. The second kappa shape index (κ2) is 7.41. The van der Waals surface area contributed by atoms with E-state index in [9.17, 15) is 0 Å². The van der Waals surface area contributed by atoms with E-state index in [1.807, 2.05) is 12.5 Å². The van der Waals surface area contributed by atoms with E-state index in [0.29, 0.717) is 18.6 Å². The molecule has 1 atom stereocenters. The van der Waals surface area contributed by atoms with Crippen molar-refractivity contribution in [2.45, 2.75) is 71.0 Å². The highest BCUT2D eigenvalue weighted by atomic mass is 15.2. The Labute approximate surface area is 129 Å². The summed E-state index contributed by atoms with van der Waals surface area (Å²) in [7, 11) is 2.24. The van der Waals surface area contributed by atoms with Gasteiger partial charge in [0.15, 0.2) is 0 Å². The number of nitrogens with two attached hydrogens (primary N) is 1. The molecule has 1 unspecified atom stereocenters. The summed E-state index contributed by atoms with van der Waals surface area (Å²) in [6.07, 6.45) is 10.6. The first-order chi connectivity index (χ1) is 10.1. The van der Waals surface area contributed by atoms with Crippen LogP contribution in [-0.2, 0) is 0 Å². The number of rotatable bonds is 6. The highest BCUT2D eigenvalue weighted by Gasteiger charge is 2.29. The van der Waals surface area contributed by atoms with E-state index in [1.54, 1.807) is 0 Å². The molecule has 1 fully saturated rings. The SMILES string of the molecule is CCC1CCC(N(C)C(CN)c2cncn2C(C)C)CC1. The van der Waals surface area contributed by atoms with E-state index < -0.39 is 0 Å². The summed E-state index contributed by atoms with van der Waals surface area (Å²) < 4.78 is 2.26. The fourth-order valence-corrected chi connectivity index (χ4v) is 3.71. The molecular weight excluding hydrogens is 260 g/mol. The molecule has 120 valence electrons. The lowest BCUT2D eigenvalue weighted by Gasteiger charge is -2.39. The molecule has 2 rings (SSSR count). The number of nitrogens with zero attached hydrogens (tertiary/aromatic N) is 3. The molecule has 1 saturated carbocycles. The molecule has 0 saturated heterocycles. The first-order valence-corrected chi connectivity index (χ1v) is 8.52. The van der Waals surface area contributed by atoms with Gasteiger partial charge in [0.1, 0.15) is 0 Å². The van der Waals surface area contributed by atoms with Crippen molar-refractivity contribution in [2.75, 3.05) is 13.6 Å². The largest absolute Gasteiger partial charge is 0.331 e. The molecule has 0 aliphatic heterocycles. The van der Waals surface area contributed by atoms with Crippen LogP contribution in [0.2, 0.25) is 0 Å². The summed E-state index contributed by atoms with van der Waals surface area (Å²) in [5.41, 5.74) is 7.37. The van der Waals surface area contributed by atoms with Crippen LogP contribution in [0.3, 0.4) is 0 Å². The third kappa shape index (κ3) is 3.67. The Hall–Kier alpha value is -0.870. The van der Waals surface area contributed by atoms with Gasteiger partial charge in [-0.3, -0.25) is 4.90 Å². The zero-order chi connectivity index (χ0) is 15.4. The lowest BCUT2D eigenvalue weighted by molar-refractivity contribution is 0.117. The lowest BCUT2D eigenvalue weighted by Crippen LogP contribution is -2.41. The molecule has 1 heterocycles. The van der Waals surface area contributed by atoms with Gasteiger partial charge in [-0.05, 0) is 52.5 Å². The van der Waals surface area contributed by atoms with Crippen LogP contribution in [0.5, 0.6) is 0 Å². The Morgan fingerprint density at radius 3 is 2.52 bits per heavy atom. The van der Waals surface area contributed by atoms with Crippen molar-refractivity contribution in [1.29, 1.82) is 0 Å². The van der Waals surface area contributed by atoms with Gasteiger partial charge in [0.2, 0.25) is 0 Å². The molecule has 4 heteroatoms. The molecule has 0 amide bonds. The quantitative estimate of drug-likeness (QED) is 0.874. The van der Waals surface area contributed by atoms with Gasteiger partial charge in [-0.25, -0.2) is 4.98 Å². The van der Waals surface area contributed by atoms with E-state index in [4.69, 9.17) is 5.73 Å². The Bertz CT molecular complexity index is 418. The highest BCUT2D eigenvalue weighted by molar-refractivity contribution is 5.08. The van der Waals surface area contributed by atoms with Gasteiger partial charge < -0.3 is 10.3 Å². The number of aromatic nitrogens is 2. The van der Waals surface area contributed by atoms with Gasteiger partial charge in [0.25, 0.3) is 0 Å². The normalized spacial score (nSPS) is 24.7. The molecule has 0 aromatic carbocycles. The molecule has 21 heavy (non-hydrogen) atoms. The fraction of sp³-hybridized carbons (Fsp3) is 0.824. The lowest BCUT2D eigenvalue weighted by atomic mass is 9.83. The van der Waals surface area contributed by atoms with E-state index in [0.717, 1.165) is 5.92 Å². The van der Waals surface area contributed by atoms with E-state index in [2.05, 4.69) is 42.3 Å². The first kappa shape index (κ1) is 16.5. The monoisotopic (exact) mass is 292 g/mol. The van der Waals surface area contributed by atoms with Crippen LogP contribution < -0.4 is 5.73 Å². The van der Waals surface area contributed by atoms with Crippen molar-refractivity contribution in [3.05, 3.63) is 18.2 Å². The predicted octanol–water partition coefficient (Wildman–Crippen LogP) is 3.36. The van der Waals surface area contributed by atoms with Crippen molar-refractivity contribution in [1.82, 2.24) is 14.5 Å². The van der Waals surface area contributed by atoms with Crippen LogP contribution in [0.15, 0.2) is 12.5 Å². The summed E-state index contributed by atoms with van der Waals surface area (Å²) >= 11 is 0. The molecule has 1 aliphatic rings. The molecular formula is C17H32N4. The fourth-order valence-electron chi connectivity index (χ4n) is 3.71. The molecule has 2 N–H and O–H groups in total. The third-order valence-corrected chi connectivity index (χ3v) is 5.28. The van der Waals surface area contributed by atoms with Crippen molar-refractivity contribution in [2.24, 2.45) is 11.7 Å². The van der Waals surface area contributed by atoms with E-state index >= 15 is 0 Å². The van der Waals surface area contributed by atoms with Gasteiger partial charge in [-0.2, -0.15) is 0 Å². The standard InChI is InChI=1S/C17H32N4/c1-5-14-6-8-15(9-7-14)20(4)16(10-18)17-11-19-12-21(17)13(2)3/h11-16H,5-10,18H2,1-4H3. The molecule has 0 spiro atoms. The number of likely N-dealkylation sites (N-methyl/N-ethyl adjacent to an activating group) is 1. The number of hydrogen-bond donors (Lipinski definition) is 1. The van der Waals surface area contributed by atoms with Crippen LogP contribution in [0, 0.1) is 5.92 Å². The minimum absolute atomic E-state index is 0.276. The average molecular weight is 292 g/mol. The average Bonchev–Trinajstić information content (AvgIpc) is 2.97. The third-order valence-electron chi connectivity index (χ3n) is 5.28. The van der Waals surface area contributed by atoms with Crippen LogP contribution in [-0.4, -0.2) is 34.1 Å². The molecule has 1 aromatic heterocycles. The van der Waals surface area contributed by atoms with Crippen molar-refractivity contribution < 1.29 is 0 Å². The zero-order valence-electron chi connectivity index (χ0n) is 14.1. The van der Waals surface area contributed by atoms with Gasteiger partial charge in [-0.15, -0.1) is 0 Å². The van der Waals surface area contributed by atoms with Crippen LogP contribution in [0.1, 0.15) is 70.7 Å². The van der Waals surface area contributed by atoms with Crippen LogP contribution in [0.4, 0.5) is 0 Å². The Morgan fingerprint density at radius 1 is 1.33 bits per heavy atom. The first-order valence-electron chi connectivity index (χ1n) is 8.52. The van der Waals surface area contributed by atoms with Crippen molar-refractivity contribution >= 4 is 0 Å². The maximum atomic E-state index is 6.11. The topological polar surface area (TPSA) is 47.1 Å². The summed E-state index contributed by atoms with van der Waals surface area (Å²) in [6.45, 7) is 7.37. The Kier molecular flexibility index (Phi) is 5.82. The smallest absolute Gasteiger partial charge is 0.0951 e.